The van der Waals surface area contributed by atoms with Crippen molar-refractivity contribution in [2.75, 3.05) is 6.54 Å². The number of unbranched alkanes of at least 4 members (excludes halogenated alkanes) is 2. The monoisotopic (exact) mass is 381 g/mol. The zero-order valence-electron chi connectivity index (χ0n) is 15.8. The van der Waals surface area contributed by atoms with E-state index in [2.05, 4.69) is 17.6 Å². The summed E-state index contributed by atoms with van der Waals surface area (Å²) < 4.78 is 27.6. The van der Waals surface area contributed by atoms with E-state index in [0.717, 1.165) is 48.8 Å². The molecule has 6 nitrogen and oxygen atoms in total. The summed E-state index contributed by atoms with van der Waals surface area (Å²) in [6.45, 7) is 4.75. The van der Waals surface area contributed by atoms with Gasteiger partial charge in [-0.15, -0.1) is 0 Å². The van der Waals surface area contributed by atoms with Crippen LogP contribution in [0.1, 0.15) is 52.0 Å². The standard InChI is InChI=1S/C19H25F2N3O3/c1-4-5-6-7-12(2)22-16(25)11-24-17(26)19(3,23-18(24)27)14-10-13(20)8-9-15(14)21/h8-10,12H,4-7,11H2,1-3H3,(H,22,25)(H,23,27)/t12-,19+/m0/s1. The lowest BCUT2D eigenvalue weighted by Gasteiger charge is -2.23. The highest BCUT2D eigenvalue weighted by Crippen LogP contribution is 2.31. The third-order valence-corrected chi connectivity index (χ3v) is 4.69. The molecule has 2 N–H and O–H groups in total. The number of benzene rings is 1. The second-order valence-corrected chi connectivity index (χ2v) is 7.03. The number of amides is 4. The second kappa shape index (κ2) is 8.45. The third kappa shape index (κ3) is 4.61. The Bertz CT molecular complexity index is 741. The van der Waals surface area contributed by atoms with E-state index in [1.807, 2.05) is 6.92 Å². The van der Waals surface area contributed by atoms with Gasteiger partial charge in [-0.1, -0.05) is 26.2 Å². The van der Waals surface area contributed by atoms with E-state index in [0.29, 0.717) is 0 Å². The smallest absolute Gasteiger partial charge is 0.325 e. The molecule has 0 saturated carbocycles. The molecule has 1 aromatic rings. The predicted molar refractivity (Wildman–Crippen MR) is 95.7 cm³/mol. The predicted octanol–water partition coefficient (Wildman–Crippen LogP) is 2.82. The average Bonchev–Trinajstić information content (AvgIpc) is 2.81. The highest BCUT2D eigenvalue weighted by Gasteiger charge is 2.50. The van der Waals surface area contributed by atoms with Crippen LogP contribution in [-0.2, 0) is 15.1 Å². The van der Waals surface area contributed by atoms with E-state index in [4.69, 9.17) is 0 Å². The lowest BCUT2D eigenvalue weighted by Crippen LogP contribution is -2.45. The summed E-state index contributed by atoms with van der Waals surface area (Å²) in [5.74, 6) is -2.83. The maximum atomic E-state index is 14.1. The maximum Gasteiger partial charge on any atom is 0.325 e. The Morgan fingerprint density at radius 3 is 2.67 bits per heavy atom. The molecule has 8 heteroatoms. The number of urea groups is 1. The summed E-state index contributed by atoms with van der Waals surface area (Å²) in [6, 6.07) is 1.78. The van der Waals surface area contributed by atoms with Gasteiger partial charge >= 0.3 is 6.03 Å². The number of nitrogens with one attached hydrogen (secondary N) is 2. The molecule has 27 heavy (non-hydrogen) atoms. The molecule has 1 aliphatic heterocycles. The molecule has 1 heterocycles. The Labute approximate surface area is 157 Å². The van der Waals surface area contributed by atoms with Gasteiger partial charge in [0.1, 0.15) is 23.7 Å². The Balaban J connectivity index is 2.07. The second-order valence-electron chi connectivity index (χ2n) is 7.03. The van der Waals surface area contributed by atoms with E-state index in [1.165, 1.54) is 6.92 Å². The number of imide groups is 1. The lowest BCUT2D eigenvalue weighted by atomic mass is 9.91. The highest BCUT2D eigenvalue weighted by atomic mass is 19.1. The Hall–Kier alpha value is -2.51. The first-order valence-electron chi connectivity index (χ1n) is 9.08. The minimum absolute atomic E-state index is 0.0862. The zero-order chi connectivity index (χ0) is 20.2. The van der Waals surface area contributed by atoms with Crippen LogP contribution in [0.25, 0.3) is 0 Å². The molecule has 1 fully saturated rings. The Kier molecular flexibility index (Phi) is 6.51. The number of carbonyl (C=O) groups excluding carboxylic acids is 3. The van der Waals surface area contributed by atoms with Crippen molar-refractivity contribution >= 4 is 17.8 Å². The van der Waals surface area contributed by atoms with Crippen molar-refractivity contribution < 1.29 is 23.2 Å². The molecule has 1 aliphatic rings. The highest BCUT2D eigenvalue weighted by molar-refractivity contribution is 6.09. The van der Waals surface area contributed by atoms with Crippen LogP contribution in [0.15, 0.2) is 18.2 Å². The minimum atomic E-state index is -1.77. The van der Waals surface area contributed by atoms with Gasteiger partial charge in [-0.25, -0.2) is 13.6 Å². The summed E-state index contributed by atoms with van der Waals surface area (Å²) in [4.78, 5) is 37.8. The van der Waals surface area contributed by atoms with Crippen molar-refractivity contribution in [3.05, 3.63) is 35.4 Å². The van der Waals surface area contributed by atoms with Crippen molar-refractivity contribution in [2.24, 2.45) is 0 Å². The van der Waals surface area contributed by atoms with Crippen LogP contribution in [0.2, 0.25) is 0 Å². The fourth-order valence-electron chi connectivity index (χ4n) is 3.14. The fraction of sp³-hybridized carbons (Fsp3) is 0.526. The molecule has 0 aromatic heterocycles. The van der Waals surface area contributed by atoms with Gasteiger partial charge in [0.05, 0.1) is 0 Å². The van der Waals surface area contributed by atoms with Crippen LogP contribution in [-0.4, -0.2) is 35.3 Å². The van der Waals surface area contributed by atoms with Crippen LogP contribution in [0.5, 0.6) is 0 Å². The molecular formula is C19H25F2N3O3. The van der Waals surface area contributed by atoms with Gasteiger partial charge in [0, 0.05) is 11.6 Å². The summed E-state index contributed by atoms with van der Waals surface area (Å²) in [5, 5.41) is 5.11. The SMILES string of the molecule is CCCCC[C@H](C)NC(=O)CN1C(=O)N[C@](C)(c2cc(F)ccc2F)C1=O. The Morgan fingerprint density at radius 2 is 2.00 bits per heavy atom. The largest absolute Gasteiger partial charge is 0.352 e. The molecule has 0 unspecified atom stereocenters. The normalized spacial score (nSPS) is 20.6. The molecule has 4 amide bonds. The molecule has 1 aromatic carbocycles. The van der Waals surface area contributed by atoms with E-state index in [9.17, 15) is 23.2 Å². The summed E-state index contributed by atoms with van der Waals surface area (Å²) >= 11 is 0. The van der Waals surface area contributed by atoms with Gasteiger partial charge in [-0.2, -0.15) is 0 Å². The van der Waals surface area contributed by atoms with Crippen LogP contribution in [0.3, 0.4) is 0 Å². The van der Waals surface area contributed by atoms with Crippen molar-refractivity contribution in [2.45, 2.75) is 58.0 Å². The lowest BCUT2D eigenvalue weighted by molar-refractivity contribution is -0.135. The molecule has 2 atom stereocenters. The van der Waals surface area contributed by atoms with Gasteiger partial charge in [0.25, 0.3) is 5.91 Å². The first-order valence-corrected chi connectivity index (χ1v) is 9.08. The van der Waals surface area contributed by atoms with E-state index in [-0.39, 0.29) is 11.6 Å². The molecular weight excluding hydrogens is 356 g/mol. The van der Waals surface area contributed by atoms with Crippen molar-refractivity contribution in [3.8, 4) is 0 Å². The van der Waals surface area contributed by atoms with E-state index >= 15 is 0 Å². The van der Waals surface area contributed by atoms with Gasteiger partial charge in [0.15, 0.2) is 0 Å². The van der Waals surface area contributed by atoms with Crippen LogP contribution < -0.4 is 10.6 Å². The van der Waals surface area contributed by atoms with Gasteiger partial charge < -0.3 is 10.6 Å². The number of hydrogen-bond donors (Lipinski definition) is 2. The first-order chi connectivity index (χ1) is 12.7. The van der Waals surface area contributed by atoms with Crippen molar-refractivity contribution in [3.63, 3.8) is 0 Å². The number of nitrogens with zero attached hydrogens (tertiary/aromatic N) is 1. The third-order valence-electron chi connectivity index (χ3n) is 4.69. The van der Waals surface area contributed by atoms with Gasteiger partial charge in [-0.05, 0) is 38.5 Å². The van der Waals surface area contributed by atoms with Crippen molar-refractivity contribution in [1.29, 1.82) is 0 Å². The molecule has 1 saturated heterocycles. The number of carbonyl (C=O) groups is 3. The van der Waals surface area contributed by atoms with Crippen LogP contribution >= 0.6 is 0 Å². The molecule has 0 aliphatic carbocycles. The molecule has 0 bridgehead atoms. The quantitative estimate of drug-likeness (QED) is 0.537. The van der Waals surface area contributed by atoms with E-state index < -0.39 is 41.6 Å². The molecule has 0 radical (unpaired) electrons. The number of halogens is 2. The average molecular weight is 381 g/mol. The summed E-state index contributed by atoms with van der Waals surface area (Å²) in [5.41, 5.74) is -2.05. The number of hydrogen-bond acceptors (Lipinski definition) is 3. The van der Waals surface area contributed by atoms with Gasteiger partial charge in [0.2, 0.25) is 5.91 Å². The van der Waals surface area contributed by atoms with Crippen LogP contribution in [0.4, 0.5) is 13.6 Å². The fourth-order valence-corrected chi connectivity index (χ4v) is 3.14. The summed E-state index contributed by atoms with van der Waals surface area (Å²) in [6.07, 6.45) is 3.90. The molecule has 0 spiro atoms. The Morgan fingerprint density at radius 1 is 1.30 bits per heavy atom. The topological polar surface area (TPSA) is 78.5 Å². The first kappa shape index (κ1) is 20.8. The van der Waals surface area contributed by atoms with E-state index in [1.54, 1.807) is 0 Å². The molecule has 148 valence electrons. The molecule has 2 rings (SSSR count). The zero-order valence-corrected chi connectivity index (χ0v) is 15.8. The minimum Gasteiger partial charge on any atom is -0.352 e. The van der Waals surface area contributed by atoms with Crippen molar-refractivity contribution in [1.82, 2.24) is 15.5 Å². The maximum absolute atomic E-state index is 14.1. The van der Waals surface area contributed by atoms with Gasteiger partial charge in [-0.3, -0.25) is 14.5 Å². The van der Waals surface area contributed by atoms with Crippen LogP contribution in [0, 0.1) is 11.6 Å². The summed E-state index contributed by atoms with van der Waals surface area (Å²) in [7, 11) is 0. The number of rotatable bonds is 8.